The van der Waals surface area contributed by atoms with E-state index in [1.165, 1.54) is 17.7 Å². The maximum absolute atomic E-state index is 3.52. The van der Waals surface area contributed by atoms with Crippen molar-refractivity contribution in [1.29, 1.82) is 0 Å². The third-order valence-corrected chi connectivity index (χ3v) is 3.70. The van der Waals surface area contributed by atoms with Crippen LogP contribution < -0.4 is 5.32 Å². The quantitative estimate of drug-likeness (QED) is 0.711. The summed E-state index contributed by atoms with van der Waals surface area (Å²) in [6, 6.07) is 4.36. The van der Waals surface area contributed by atoms with E-state index >= 15 is 0 Å². The summed E-state index contributed by atoms with van der Waals surface area (Å²) in [6.45, 7) is 9.06. The molecule has 0 amide bonds. The second-order valence-electron chi connectivity index (χ2n) is 4.39. The van der Waals surface area contributed by atoms with E-state index in [1.807, 2.05) is 11.3 Å². The first kappa shape index (κ1) is 11.7. The number of unbranched alkanes of at least 4 members (excludes halogenated alkanes) is 1. The Bertz CT molecular complexity index is 239. The third kappa shape index (κ3) is 3.43. The molecule has 0 radical (unpaired) electrons. The van der Waals surface area contributed by atoms with Gasteiger partial charge in [0.05, 0.1) is 0 Å². The Morgan fingerprint density at radius 3 is 2.79 bits per heavy atom. The van der Waals surface area contributed by atoms with Crippen LogP contribution in [0.3, 0.4) is 0 Å². The lowest BCUT2D eigenvalue weighted by Crippen LogP contribution is -2.32. The van der Waals surface area contributed by atoms with Crippen LogP contribution in [0.4, 0.5) is 0 Å². The fourth-order valence-electron chi connectivity index (χ4n) is 1.45. The standard InChI is InChI=1S/C12H21NS/c1-4-5-8-13-10-12(2,3)11-7-6-9-14-11/h6-7,9,13H,4-5,8,10H2,1-3H3. The van der Waals surface area contributed by atoms with E-state index in [2.05, 4.69) is 43.6 Å². The lowest BCUT2D eigenvalue weighted by Gasteiger charge is -2.23. The fourth-order valence-corrected chi connectivity index (χ4v) is 2.31. The highest BCUT2D eigenvalue weighted by Gasteiger charge is 2.20. The summed E-state index contributed by atoms with van der Waals surface area (Å²) in [6.07, 6.45) is 2.55. The fraction of sp³-hybridized carbons (Fsp3) is 0.667. The molecule has 0 unspecified atom stereocenters. The molecule has 14 heavy (non-hydrogen) atoms. The topological polar surface area (TPSA) is 12.0 Å². The summed E-state index contributed by atoms with van der Waals surface area (Å²) in [5.74, 6) is 0. The number of hydrogen-bond donors (Lipinski definition) is 1. The maximum Gasteiger partial charge on any atom is 0.0115 e. The van der Waals surface area contributed by atoms with Crippen LogP contribution in [0.5, 0.6) is 0 Å². The summed E-state index contributed by atoms with van der Waals surface area (Å²) >= 11 is 1.85. The van der Waals surface area contributed by atoms with Gasteiger partial charge in [0.1, 0.15) is 0 Å². The molecule has 1 heterocycles. The number of nitrogens with one attached hydrogen (secondary N) is 1. The molecular formula is C12H21NS. The Morgan fingerprint density at radius 2 is 2.21 bits per heavy atom. The Hall–Kier alpha value is -0.340. The van der Waals surface area contributed by atoms with Crippen molar-refractivity contribution in [3.63, 3.8) is 0 Å². The van der Waals surface area contributed by atoms with Crippen molar-refractivity contribution in [1.82, 2.24) is 5.32 Å². The van der Waals surface area contributed by atoms with Crippen LogP contribution in [0.1, 0.15) is 38.5 Å². The van der Waals surface area contributed by atoms with Gasteiger partial charge in [0.15, 0.2) is 0 Å². The zero-order chi connectivity index (χ0) is 10.4. The average molecular weight is 211 g/mol. The number of thiophene rings is 1. The predicted octanol–water partition coefficient (Wildman–Crippen LogP) is 3.42. The van der Waals surface area contributed by atoms with Gasteiger partial charge in [-0.1, -0.05) is 33.3 Å². The molecule has 0 aromatic carbocycles. The average Bonchev–Trinajstić information content (AvgIpc) is 2.65. The number of rotatable bonds is 6. The van der Waals surface area contributed by atoms with Gasteiger partial charge >= 0.3 is 0 Å². The molecule has 1 aromatic rings. The Balaban J connectivity index is 2.35. The third-order valence-electron chi connectivity index (χ3n) is 2.46. The molecule has 1 N–H and O–H groups in total. The van der Waals surface area contributed by atoms with Gasteiger partial charge in [0.25, 0.3) is 0 Å². The van der Waals surface area contributed by atoms with Gasteiger partial charge in [-0.05, 0) is 24.4 Å². The first-order valence-electron chi connectivity index (χ1n) is 5.41. The first-order chi connectivity index (χ1) is 6.67. The molecule has 0 fully saturated rings. The smallest absolute Gasteiger partial charge is 0.0115 e. The van der Waals surface area contributed by atoms with Crippen LogP contribution in [0, 0.1) is 0 Å². The van der Waals surface area contributed by atoms with Gasteiger partial charge < -0.3 is 5.32 Å². The summed E-state index contributed by atoms with van der Waals surface area (Å²) < 4.78 is 0. The van der Waals surface area contributed by atoms with E-state index in [1.54, 1.807) is 0 Å². The van der Waals surface area contributed by atoms with Crippen molar-refractivity contribution in [2.24, 2.45) is 0 Å². The molecule has 0 spiro atoms. The molecule has 0 aliphatic rings. The van der Waals surface area contributed by atoms with Gasteiger partial charge in [-0.3, -0.25) is 0 Å². The van der Waals surface area contributed by atoms with Crippen LogP contribution >= 0.6 is 11.3 Å². The van der Waals surface area contributed by atoms with Crippen molar-refractivity contribution in [2.45, 2.75) is 39.0 Å². The van der Waals surface area contributed by atoms with Crippen LogP contribution in [-0.2, 0) is 5.41 Å². The largest absolute Gasteiger partial charge is 0.316 e. The highest BCUT2D eigenvalue weighted by Crippen LogP contribution is 2.26. The molecule has 0 bridgehead atoms. The molecule has 0 aliphatic carbocycles. The van der Waals surface area contributed by atoms with Gasteiger partial charge in [0.2, 0.25) is 0 Å². The minimum Gasteiger partial charge on any atom is -0.316 e. The Morgan fingerprint density at radius 1 is 1.43 bits per heavy atom. The molecule has 0 atom stereocenters. The highest BCUT2D eigenvalue weighted by molar-refractivity contribution is 7.10. The minimum absolute atomic E-state index is 0.280. The zero-order valence-electron chi connectivity index (χ0n) is 9.47. The molecule has 80 valence electrons. The molecule has 1 nitrogen and oxygen atoms in total. The lowest BCUT2D eigenvalue weighted by molar-refractivity contribution is 0.472. The molecule has 1 aromatic heterocycles. The lowest BCUT2D eigenvalue weighted by atomic mass is 9.91. The van der Waals surface area contributed by atoms with Gasteiger partial charge in [0, 0.05) is 16.8 Å². The van der Waals surface area contributed by atoms with E-state index in [-0.39, 0.29) is 5.41 Å². The normalized spacial score (nSPS) is 11.9. The van der Waals surface area contributed by atoms with Crippen LogP contribution in [0.2, 0.25) is 0 Å². The first-order valence-corrected chi connectivity index (χ1v) is 6.29. The zero-order valence-corrected chi connectivity index (χ0v) is 10.3. The molecule has 0 saturated heterocycles. The Kier molecular flexibility index (Phi) is 4.63. The summed E-state index contributed by atoms with van der Waals surface area (Å²) in [7, 11) is 0. The predicted molar refractivity (Wildman–Crippen MR) is 65.1 cm³/mol. The van der Waals surface area contributed by atoms with E-state index < -0.39 is 0 Å². The SMILES string of the molecule is CCCCNCC(C)(C)c1cccs1. The van der Waals surface area contributed by atoms with E-state index in [9.17, 15) is 0 Å². The summed E-state index contributed by atoms with van der Waals surface area (Å²) in [4.78, 5) is 1.47. The molecule has 1 rings (SSSR count). The van der Waals surface area contributed by atoms with Crippen molar-refractivity contribution in [3.8, 4) is 0 Å². The van der Waals surface area contributed by atoms with Gasteiger partial charge in [-0.15, -0.1) is 11.3 Å². The monoisotopic (exact) mass is 211 g/mol. The maximum atomic E-state index is 3.52. The van der Waals surface area contributed by atoms with E-state index in [0.717, 1.165) is 13.1 Å². The molecule has 0 saturated carbocycles. The van der Waals surface area contributed by atoms with Crippen LogP contribution in [-0.4, -0.2) is 13.1 Å². The van der Waals surface area contributed by atoms with Crippen molar-refractivity contribution in [3.05, 3.63) is 22.4 Å². The minimum atomic E-state index is 0.280. The molecule has 0 aliphatic heterocycles. The Labute approximate surface area is 91.5 Å². The summed E-state index contributed by atoms with van der Waals surface area (Å²) in [5, 5.41) is 5.68. The second kappa shape index (κ2) is 5.52. The van der Waals surface area contributed by atoms with Gasteiger partial charge in [-0.2, -0.15) is 0 Å². The van der Waals surface area contributed by atoms with Crippen LogP contribution in [0.15, 0.2) is 17.5 Å². The van der Waals surface area contributed by atoms with Crippen molar-refractivity contribution >= 4 is 11.3 Å². The molecule has 2 heteroatoms. The van der Waals surface area contributed by atoms with E-state index in [0.29, 0.717) is 0 Å². The van der Waals surface area contributed by atoms with E-state index in [4.69, 9.17) is 0 Å². The summed E-state index contributed by atoms with van der Waals surface area (Å²) in [5.41, 5.74) is 0.280. The van der Waals surface area contributed by atoms with Gasteiger partial charge in [-0.25, -0.2) is 0 Å². The molecular weight excluding hydrogens is 190 g/mol. The highest BCUT2D eigenvalue weighted by atomic mass is 32.1. The second-order valence-corrected chi connectivity index (χ2v) is 5.34. The van der Waals surface area contributed by atoms with Crippen LogP contribution in [0.25, 0.3) is 0 Å². The van der Waals surface area contributed by atoms with Crippen molar-refractivity contribution < 1.29 is 0 Å². The number of hydrogen-bond acceptors (Lipinski definition) is 2. The van der Waals surface area contributed by atoms with Crippen molar-refractivity contribution in [2.75, 3.05) is 13.1 Å².